The summed E-state index contributed by atoms with van der Waals surface area (Å²) in [5, 5.41) is 20.9. The summed E-state index contributed by atoms with van der Waals surface area (Å²) < 4.78 is 11.8. The molecule has 0 radical (unpaired) electrons. The van der Waals surface area contributed by atoms with Crippen molar-refractivity contribution in [3.8, 4) is 11.5 Å². The lowest BCUT2D eigenvalue weighted by atomic mass is 10.1. The highest BCUT2D eigenvalue weighted by atomic mass is 16.5. The number of carbonyl (C=O) groups is 1. The Hall–Kier alpha value is -1.79. The molecule has 1 amide bonds. The fourth-order valence-electron chi connectivity index (χ4n) is 2.72. The normalized spacial score (nSPS) is 10.9. The van der Waals surface area contributed by atoms with Gasteiger partial charge in [-0.25, -0.2) is 0 Å². The fourth-order valence-corrected chi connectivity index (χ4v) is 2.72. The molecule has 0 atom stereocenters. The SMILES string of the molecule is CCCCCCOc1ccc(C(=O)NC(CO)CO)cc1OCCCCCC. The van der Waals surface area contributed by atoms with Gasteiger partial charge in [-0.05, 0) is 31.0 Å². The highest BCUT2D eigenvalue weighted by molar-refractivity contribution is 5.95. The van der Waals surface area contributed by atoms with Crippen molar-refractivity contribution < 1.29 is 24.5 Å². The zero-order chi connectivity index (χ0) is 20.6. The number of benzene rings is 1. The van der Waals surface area contributed by atoms with Gasteiger partial charge >= 0.3 is 0 Å². The molecule has 0 saturated heterocycles. The van der Waals surface area contributed by atoms with Gasteiger partial charge in [0.25, 0.3) is 5.91 Å². The minimum Gasteiger partial charge on any atom is -0.490 e. The van der Waals surface area contributed by atoms with Crippen LogP contribution in [0.1, 0.15) is 75.6 Å². The first-order valence-corrected chi connectivity index (χ1v) is 10.6. The molecule has 0 fully saturated rings. The van der Waals surface area contributed by atoms with Crippen LogP contribution in [0, 0.1) is 0 Å². The Morgan fingerprint density at radius 3 is 2.00 bits per heavy atom. The lowest BCUT2D eigenvalue weighted by Gasteiger charge is -2.16. The Labute approximate surface area is 169 Å². The highest BCUT2D eigenvalue weighted by Gasteiger charge is 2.15. The Balaban J connectivity index is 2.75. The monoisotopic (exact) mass is 395 g/mol. The third kappa shape index (κ3) is 9.42. The van der Waals surface area contributed by atoms with E-state index in [-0.39, 0.29) is 19.1 Å². The number of unbranched alkanes of at least 4 members (excludes halogenated alkanes) is 6. The molecule has 6 nitrogen and oxygen atoms in total. The molecule has 160 valence electrons. The molecular weight excluding hydrogens is 358 g/mol. The topological polar surface area (TPSA) is 88.0 Å². The molecule has 0 saturated carbocycles. The van der Waals surface area contributed by atoms with Gasteiger partial charge in [-0.2, -0.15) is 0 Å². The van der Waals surface area contributed by atoms with Gasteiger partial charge in [0.2, 0.25) is 0 Å². The van der Waals surface area contributed by atoms with Gasteiger partial charge < -0.3 is 25.0 Å². The first kappa shape index (κ1) is 24.2. The molecule has 0 bridgehead atoms. The molecule has 0 unspecified atom stereocenters. The molecular formula is C22H37NO5. The molecule has 1 aromatic carbocycles. The molecule has 6 heteroatoms. The number of aliphatic hydroxyl groups excluding tert-OH is 2. The molecule has 1 rings (SSSR count). The van der Waals surface area contributed by atoms with E-state index < -0.39 is 6.04 Å². The van der Waals surface area contributed by atoms with Crippen LogP contribution in [0.3, 0.4) is 0 Å². The Bertz CT molecular complexity index is 546. The largest absolute Gasteiger partial charge is 0.490 e. The van der Waals surface area contributed by atoms with Crippen LogP contribution in [-0.4, -0.2) is 48.6 Å². The molecule has 0 aliphatic heterocycles. The Kier molecular flexibility index (Phi) is 13.1. The summed E-state index contributed by atoms with van der Waals surface area (Å²) in [6.45, 7) is 4.90. The van der Waals surface area contributed by atoms with Crippen LogP contribution in [0.15, 0.2) is 18.2 Å². The Morgan fingerprint density at radius 2 is 1.46 bits per heavy atom. The summed E-state index contributed by atoms with van der Waals surface area (Å²) in [6.07, 6.45) is 8.90. The second-order valence-corrected chi connectivity index (χ2v) is 7.02. The van der Waals surface area contributed by atoms with Crippen LogP contribution in [0.5, 0.6) is 11.5 Å². The van der Waals surface area contributed by atoms with E-state index in [4.69, 9.17) is 19.7 Å². The van der Waals surface area contributed by atoms with Crippen molar-refractivity contribution in [3.63, 3.8) is 0 Å². The van der Waals surface area contributed by atoms with Crippen molar-refractivity contribution in [2.45, 2.75) is 71.3 Å². The summed E-state index contributed by atoms with van der Waals surface area (Å²) in [7, 11) is 0. The molecule has 0 heterocycles. The standard InChI is InChI=1S/C22H37NO5/c1-3-5-7-9-13-27-20-12-11-18(22(26)23-19(16-24)17-25)15-21(20)28-14-10-8-6-4-2/h11-12,15,19,24-25H,3-10,13-14,16-17H2,1-2H3,(H,23,26). The number of aliphatic hydroxyl groups is 2. The summed E-state index contributed by atoms with van der Waals surface area (Å²) in [6, 6.07) is 4.41. The van der Waals surface area contributed by atoms with Crippen LogP contribution < -0.4 is 14.8 Å². The van der Waals surface area contributed by atoms with E-state index in [1.54, 1.807) is 18.2 Å². The van der Waals surface area contributed by atoms with E-state index in [1.807, 2.05) is 0 Å². The summed E-state index contributed by atoms with van der Waals surface area (Å²) in [5.74, 6) is 0.840. The van der Waals surface area contributed by atoms with E-state index in [0.717, 1.165) is 25.7 Å². The third-order valence-corrected chi connectivity index (χ3v) is 4.49. The highest BCUT2D eigenvalue weighted by Crippen LogP contribution is 2.29. The zero-order valence-electron chi connectivity index (χ0n) is 17.4. The molecule has 1 aromatic rings. The first-order chi connectivity index (χ1) is 13.7. The lowest BCUT2D eigenvalue weighted by Crippen LogP contribution is -2.40. The van der Waals surface area contributed by atoms with Gasteiger partial charge in [0.1, 0.15) is 0 Å². The number of hydrogen-bond donors (Lipinski definition) is 3. The van der Waals surface area contributed by atoms with Gasteiger partial charge in [0, 0.05) is 5.56 Å². The van der Waals surface area contributed by atoms with E-state index in [1.165, 1.54) is 25.7 Å². The predicted molar refractivity (Wildman–Crippen MR) is 111 cm³/mol. The third-order valence-electron chi connectivity index (χ3n) is 4.49. The summed E-state index contributed by atoms with van der Waals surface area (Å²) in [5.41, 5.74) is 0.411. The van der Waals surface area contributed by atoms with E-state index in [0.29, 0.717) is 30.3 Å². The van der Waals surface area contributed by atoms with Crippen molar-refractivity contribution >= 4 is 5.91 Å². The number of nitrogens with one attached hydrogen (secondary N) is 1. The number of rotatable bonds is 16. The van der Waals surface area contributed by atoms with Gasteiger partial charge in [0.15, 0.2) is 11.5 Å². The van der Waals surface area contributed by atoms with Crippen molar-refractivity contribution in [1.29, 1.82) is 0 Å². The Morgan fingerprint density at radius 1 is 0.893 bits per heavy atom. The van der Waals surface area contributed by atoms with E-state index in [2.05, 4.69) is 19.2 Å². The van der Waals surface area contributed by atoms with Crippen molar-refractivity contribution in [2.75, 3.05) is 26.4 Å². The van der Waals surface area contributed by atoms with Crippen LogP contribution >= 0.6 is 0 Å². The number of ether oxygens (including phenoxy) is 2. The smallest absolute Gasteiger partial charge is 0.251 e. The maximum absolute atomic E-state index is 12.4. The van der Waals surface area contributed by atoms with E-state index in [9.17, 15) is 4.79 Å². The number of carbonyl (C=O) groups excluding carboxylic acids is 1. The maximum Gasteiger partial charge on any atom is 0.251 e. The average Bonchev–Trinajstić information content (AvgIpc) is 2.72. The molecule has 3 N–H and O–H groups in total. The second-order valence-electron chi connectivity index (χ2n) is 7.02. The second kappa shape index (κ2) is 15.2. The van der Waals surface area contributed by atoms with Crippen LogP contribution in [0.2, 0.25) is 0 Å². The minimum absolute atomic E-state index is 0.317. The van der Waals surface area contributed by atoms with Gasteiger partial charge in [-0.3, -0.25) is 4.79 Å². The lowest BCUT2D eigenvalue weighted by molar-refractivity contribution is 0.0879. The summed E-state index contributed by atoms with van der Waals surface area (Å²) in [4.78, 5) is 12.4. The molecule has 0 aromatic heterocycles. The molecule has 28 heavy (non-hydrogen) atoms. The molecule has 0 aliphatic carbocycles. The minimum atomic E-state index is -0.680. The first-order valence-electron chi connectivity index (χ1n) is 10.6. The van der Waals surface area contributed by atoms with Crippen LogP contribution in [0.25, 0.3) is 0 Å². The van der Waals surface area contributed by atoms with Gasteiger partial charge in [-0.15, -0.1) is 0 Å². The molecule has 0 aliphatic rings. The van der Waals surface area contributed by atoms with Crippen LogP contribution in [0.4, 0.5) is 0 Å². The molecule has 0 spiro atoms. The number of hydrogen-bond acceptors (Lipinski definition) is 5. The average molecular weight is 396 g/mol. The van der Waals surface area contributed by atoms with E-state index >= 15 is 0 Å². The fraction of sp³-hybridized carbons (Fsp3) is 0.682. The van der Waals surface area contributed by atoms with Gasteiger partial charge in [0.05, 0.1) is 32.5 Å². The maximum atomic E-state index is 12.4. The number of amides is 1. The van der Waals surface area contributed by atoms with Crippen LogP contribution in [-0.2, 0) is 0 Å². The van der Waals surface area contributed by atoms with Gasteiger partial charge in [-0.1, -0.05) is 52.4 Å². The zero-order valence-corrected chi connectivity index (χ0v) is 17.4. The van der Waals surface area contributed by atoms with Crippen molar-refractivity contribution in [1.82, 2.24) is 5.32 Å². The predicted octanol–water partition coefficient (Wildman–Crippen LogP) is 3.69. The van der Waals surface area contributed by atoms with Crippen molar-refractivity contribution in [3.05, 3.63) is 23.8 Å². The summed E-state index contributed by atoms with van der Waals surface area (Å²) >= 11 is 0. The van der Waals surface area contributed by atoms with Crippen molar-refractivity contribution in [2.24, 2.45) is 0 Å². The quantitative estimate of drug-likeness (QED) is 0.372.